The Labute approximate surface area is 123 Å². The summed E-state index contributed by atoms with van der Waals surface area (Å²) >= 11 is 0. The lowest BCUT2D eigenvalue weighted by Crippen LogP contribution is -2.25. The number of amidine groups is 1. The Hall–Kier alpha value is -2.50. The van der Waals surface area contributed by atoms with Crippen molar-refractivity contribution in [3.8, 4) is 0 Å². The topological polar surface area (TPSA) is 78.9 Å². The molecule has 1 heterocycles. The molecule has 0 saturated carbocycles. The molecule has 110 valence electrons. The highest BCUT2D eigenvalue weighted by Crippen LogP contribution is 2.22. The van der Waals surface area contributed by atoms with Crippen molar-refractivity contribution >= 4 is 11.7 Å². The molecule has 1 aromatic carbocycles. The fraction of sp³-hybridized carbons (Fsp3) is 0.267. The third kappa shape index (κ3) is 2.99. The number of halogens is 1. The van der Waals surface area contributed by atoms with E-state index in [0.717, 1.165) is 11.3 Å². The molecular weight excluding hydrogens is 269 g/mol. The molecule has 0 amide bonds. The van der Waals surface area contributed by atoms with Crippen molar-refractivity contribution in [3.05, 3.63) is 52.5 Å². The monoisotopic (exact) mass is 287 g/mol. The van der Waals surface area contributed by atoms with E-state index < -0.39 is 0 Å². The minimum absolute atomic E-state index is 0.0686. The predicted octanol–water partition coefficient (Wildman–Crippen LogP) is 2.15. The predicted molar refractivity (Wildman–Crippen MR) is 81.0 cm³/mol. The van der Waals surface area contributed by atoms with Crippen LogP contribution in [0.25, 0.3) is 0 Å². The average molecular weight is 287 g/mol. The summed E-state index contributed by atoms with van der Waals surface area (Å²) in [5, 5.41) is 15.9. The van der Waals surface area contributed by atoms with Crippen molar-refractivity contribution in [1.82, 2.24) is 10.2 Å². The number of nitrogens with two attached hydrogens (primary N) is 1. The lowest BCUT2D eigenvalue weighted by atomic mass is 10.1. The van der Waals surface area contributed by atoms with Crippen LogP contribution in [0.4, 0.5) is 10.2 Å². The minimum atomic E-state index is -0.273. The molecule has 0 spiro atoms. The van der Waals surface area contributed by atoms with E-state index >= 15 is 0 Å². The first-order valence-electron chi connectivity index (χ1n) is 6.54. The summed E-state index contributed by atoms with van der Waals surface area (Å²) in [6.45, 7) is 3.99. The van der Waals surface area contributed by atoms with Crippen LogP contribution in [0.15, 0.2) is 24.3 Å². The molecule has 6 heteroatoms. The smallest absolute Gasteiger partial charge is 0.162 e. The minimum Gasteiger partial charge on any atom is -0.384 e. The van der Waals surface area contributed by atoms with Crippen LogP contribution < -0.4 is 10.6 Å². The second-order valence-electron chi connectivity index (χ2n) is 4.97. The number of aromatic nitrogens is 2. The van der Waals surface area contributed by atoms with E-state index in [-0.39, 0.29) is 11.7 Å². The molecule has 3 N–H and O–H groups in total. The van der Waals surface area contributed by atoms with Crippen molar-refractivity contribution in [2.24, 2.45) is 5.73 Å². The molecule has 0 radical (unpaired) electrons. The van der Waals surface area contributed by atoms with Gasteiger partial charge >= 0.3 is 0 Å². The van der Waals surface area contributed by atoms with E-state index in [0.29, 0.717) is 23.5 Å². The Bertz CT molecular complexity index is 684. The quantitative estimate of drug-likeness (QED) is 0.667. The molecule has 0 unspecified atom stereocenters. The number of aryl methyl sites for hydroxylation is 1. The zero-order valence-corrected chi connectivity index (χ0v) is 12.3. The van der Waals surface area contributed by atoms with Crippen molar-refractivity contribution in [3.63, 3.8) is 0 Å². The number of benzene rings is 1. The van der Waals surface area contributed by atoms with Gasteiger partial charge in [0.2, 0.25) is 0 Å². The van der Waals surface area contributed by atoms with Crippen LogP contribution in [0.2, 0.25) is 0 Å². The van der Waals surface area contributed by atoms with Gasteiger partial charge in [0.05, 0.1) is 11.3 Å². The van der Waals surface area contributed by atoms with E-state index in [4.69, 9.17) is 11.1 Å². The lowest BCUT2D eigenvalue weighted by Gasteiger charge is -2.22. The molecule has 2 aromatic rings. The second kappa shape index (κ2) is 5.87. The average Bonchev–Trinajstić information content (AvgIpc) is 2.43. The summed E-state index contributed by atoms with van der Waals surface area (Å²) in [7, 11) is 1.78. The van der Waals surface area contributed by atoms with E-state index in [1.165, 1.54) is 6.07 Å². The van der Waals surface area contributed by atoms with Crippen molar-refractivity contribution in [1.29, 1.82) is 5.41 Å². The summed E-state index contributed by atoms with van der Waals surface area (Å²) < 4.78 is 13.7. The first-order chi connectivity index (χ1) is 9.91. The number of nitrogens with zero attached hydrogens (tertiary/aromatic N) is 3. The van der Waals surface area contributed by atoms with Gasteiger partial charge in [0.15, 0.2) is 5.82 Å². The van der Waals surface area contributed by atoms with Crippen molar-refractivity contribution in [2.45, 2.75) is 20.4 Å². The van der Waals surface area contributed by atoms with Gasteiger partial charge in [-0.1, -0.05) is 18.2 Å². The summed E-state index contributed by atoms with van der Waals surface area (Å²) in [4.78, 5) is 1.74. The Morgan fingerprint density at radius 1 is 1.29 bits per heavy atom. The highest BCUT2D eigenvalue weighted by atomic mass is 19.1. The van der Waals surface area contributed by atoms with Crippen LogP contribution in [-0.4, -0.2) is 23.1 Å². The Morgan fingerprint density at radius 3 is 2.57 bits per heavy atom. The number of rotatable bonds is 4. The van der Waals surface area contributed by atoms with E-state index in [9.17, 15) is 4.39 Å². The fourth-order valence-electron chi connectivity index (χ4n) is 2.14. The molecule has 5 nitrogen and oxygen atoms in total. The second-order valence-corrected chi connectivity index (χ2v) is 4.97. The number of hydrogen-bond donors (Lipinski definition) is 2. The van der Waals surface area contributed by atoms with Gasteiger partial charge in [-0.15, -0.1) is 5.10 Å². The third-order valence-electron chi connectivity index (χ3n) is 3.43. The molecule has 0 aliphatic rings. The Kier molecular flexibility index (Phi) is 4.16. The summed E-state index contributed by atoms with van der Waals surface area (Å²) in [5.41, 5.74) is 8.29. The molecule has 21 heavy (non-hydrogen) atoms. The first kappa shape index (κ1) is 14.9. The maximum atomic E-state index is 13.7. The Morgan fingerprint density at radius 2 is 1.95 bits per heavy atom. The van der Waals surface area contributed by atoms with Crippen molar-refractivity contribution < 1.29 is 4.39 Å². The molecule has 0 fully saturated rings. The zero-order chi connectivity index (χ0) is 15.6. The first-order valence-corrected chi connectivity index (χ1v) is 6.54. The molecule has 0 bridgehead atoms. The highest BCUT2D eigenvalue weighted by molar-refractivity contribution is 6.01. The van der Waals surface area contributed by atoms with Gasteiger partial charge in [-0.05, 0) is 25.5 Å². The van der Waals surface area contributed by atoms with Crippen LogP contribution in [0.1, 0.15) is 22.4 Å². The van der Waals surface area contributed by atoms with Gasteiger partial charge < -0.3 is 10.6 Å². The van der Waals surface area contributed by atoms with E-state index in [2.05, 4.69) is 10.2 Å². The standard InChI is InChI=1S/C15H18FN5/c1-9-10(2)19-20-15(13(9)14(17)18)21(3)8-11-6-4-5-7-12(11)16/h4-7H,8H2,1-3H3,(H3,17,18). The highest BCUT2D eigenvalue weighted by Gasteiger charge is 2.18. The maximum Gasteiger partial charge on any atom is 0.162 e. The summed E-state index contributed by atoms with van der Waals surface area (Å²) in [6.07, 6.45) is 0. The lowest BCUT2D eigenvalue weighted by molar-refractivity contribution is 0.607. The van der Waals surface area contributed by atoms with E-state index in [1.807, 2.05) is 13.8 Å². The van der Waals surface area contributed by atoms with Gasteiger partial charge in [0.25, 0.3) is 0 Å². The van der Waals surface area contributed by atoms with Gasteiger partial charge in [-0.2, -0.15) is 5.10 Å². The number of anilines is 1. The molecule has 0 atom stereocenters. The van der Waals surface area contributed by atoms with Gasteiger partial charge in [0, 0.05) is 19.2 Å². The SMILES string of the molecule is Cc1nnc(N(C)Cc2ccccc2F)c(C(=N)N)c1C. The van der Waals surface area contributed by atoms with Crippen LogP contribution in [0, 0.1) is 25.1 Å². The molecular formula is C15H18FN5. The fourth-order valence-corrected chi connectivity index (χ4v) is 2.14. The van der Waals surface area contributed by atoms with Crippen LogP contribution in [0.5, 0.6) is 0 Å². The van der Waals surface area contributed by atoms with Gasteiger partial charge in [-0.3, -0.25) is 5.41 Å². The van der Waals surface area contributed by atoms with Gasteiger partial charge in [-0.25, -0.2) is 4.39 Å². The van der Waals surface area contributed by atoms with Crippen LogP contribution in [-0.2, 0) is 6.54 Å². The zero-order valence-electron chi connectivity index (χ0n) is 12.3. The van der Waals surface area contributed by atoms with Gasteiger partial charge in [0.1, 0.15) is 11.7 Å². The number of hydrogen-bond acceptors (Lipinski definition) is 4. The molecule has 2 rings (SSSR count). The molecule has 0 saturated heterocycles. The summed E-state index contributed by atoms with van der Waals surface area (Å²) in [6, 6.07) is 6.56. The summed E-state index contributed by atoms with van der Waals surface area (Å²) in [5.74, 6) is 0.139. The van der Waals surface area contributed by atoms with E-state index in [1.54, 1.807) is 30.1 Å². The third-order valence-corrected chi connectivity index (χ3v) is 3.43. The number of nitrogen functional groups attached to an aromatic ring is 1. The van der Waals surface area contributed by atoms with Crippen LogP contribution in [0.3, 0.4) is 0 Å². The molecule has 0 aliphatic carbocycles. The van der Waals surface area contributed by atoms with Crippen LogP contribution >= 0.6 is 0 Å². The van der Waals surface area contributed by atoms with Crippen molar-refractivity contribution in [2.75, 3.05) is 11.9 Å². The normalized spacial score (nSPS) is 10.5. The Balaban J connectivity index is 2.40. The maximum absolute atomic E-state index is 13.7. The molecule has 1 aromatic heterocycles. The number of nitrogens with one attached hydrogen (secondary N) is 1. The molecule has 0 aliphatic heterocycles. The largest absolute Gasteiger partial charge is 0.384 e.